The van der Waals surface area contributed by atoms with Crippen molar-refractivity contribution >= 4 is 35.8 Å². The van der Waals surface area contributed by atoms with E-state index < -0.39 is 24.0 Å². The molecule has 0 aromatic carbocycles. The predicted octanol–water partition coefficient (Wildman–Crippen LogP) is 3.49. The van der Waals surface area contributed by atoms with E-state index in [2.05, 4.69) is 64.9 Å². The van der Waals surface area contributed by atoms with Gasteiger partial charge in [0, 0.05) is 15.9 Å². The lowest BCUT2D eigenvalue weighted by Gasteiger charge is -2.39. The maximum absolute atomic E-state index is 11.4. The van der Waals surface area contributed by atoms with Crippen LogP contribution in [0.1, 0.15) is 0 Å². The van der Waals surface area contributed by atoms with Crippen molar-refractivity contribution in [2.24, 2.45) is 0 Å². The zero-order valence-electron chi connectivity index (χ0n) is 12.5. The highest BCUT2D eigenvalue weighted by atomic mass is 28.4. The maximum Gasteiger partial charge on any atom is 0.167 e. The highest BCUT2D eigenvalue weighted by Gasteiger charge is 2.47. The lowest BCUT2D eigenvalue weighted by Crippen LogP contribution is -2.63. The van der Waals surface area contributed by atoms with Crippen LogP contribution in [0.15, 0.2) is 5.10 Å². The highest BCUT2D eigenvalue weighted by Crippen LogP contribution is 2.27. The minimum atomic E-state index is -1.51. The van der Waals surface area contributed by atoms with Crippen LogP contribution in [-0.4, -0.2) is 35.8 Å². The second kappa shape index (κ2) is 4.81. The fourth-order valence-corrected chi connectivity index (χ4v) is 21.4. The molecule has 0 aromatic heterocycles. The van der Waals surface area contributed by atoms with Crippen molar-refractivity contribution in [2.75, 3.05) is 0 Å². The zero-order chi connectivity index (χ0) is 13.4. The van der Waals surface area contributed by atoms with Gasteiger partial charge in [0.2, 0.25) is 0 Å². The first kappa shape index (κ1) is 16.2. The number of rotatable bonds is 4. The molecule has 0 fully saturated rings. The Labute approximate surface area is 105 Å². The first-order valence-corrected chi connectivity index (χ1v) is 16.7. The summed E-state index contributed by atoms with van der Waals surface area (Å²) >= 11 is 0. The van der Waals surface area contributed by atoms with E-state index in [0.29, 0.717) is 5.90 Å². The second-order valence-corrected chi connectivity index (χ2v) is 24.2. The Bertz CT molecular complexity index is 287. The standard InChI is InChI=1S/C11H27BOSi3/c1-14(2,3)11(10-13)12(15(4,5)6)16(7,8)9/h1-9H3. The lowest BCUT2D eigenvalue weighted by molar-refractivity contribution is 0.569. The Morgan fingerprint density at radius 2 is 1.12 bits per heavy atom. The van der Waals surface area contributed by atoms with E-state index in [0.717, 1.165) is 0 Å². The van der Waals surface area contributed by atoms with Crippen LogP contribution < -0.4 is 0 Å². The number of hydrogen-bond donors (Lipinski definition) is 0. The Balaban J connectivity index is 5.65. The summed E-state index contributed by atoms with van der Waals surface area (Å²) in [5, 5.41) is 1.17. The molecular weight excluding hydrogens is 243 g/mol. The molecule has 0 saturated carbocycles. The minimum absolute atomic E-state index is 0.587. The highest BCUT2D eigenvalue weighted by molar-refractivity contribution is 7.64. The average Bonchev–Trinajstić information content (AvgIpc) is 1.91. The molecule has 0 N–H and O–H groups in total. The summed E-state index contributed by atoms with van der Waals surface area (Å²) in [7, 11) is -4.14. The van der Waals surface area contributed by atoms with E-state index in [1.807, 2.05) is 0 Å². The van der Waals surface area contributed by atoms with Crippen molar-refractivity contribution in [3.8, 4) is 0 Å². The van der Waals surface area contributed by atoms with Gasteiger partial charge in [-0.1, -0.05) is 58.9 Å². The molecule has 0 heterocycles. The molecule has 0 rings (SSSR count). The van der Waals surface area contributed by atoms with E-state index in [9.17, 15) is 4.79 Å². The van der Waals surface area contributed by atoms with Crippen LogP contribution in [-0.2, 0) is 4.79 Å². The molecule has 0 aromatic rings. The van der Waals surface area contributed by atoms with Gasteiger partial charge in [0.1, 0.15) is 5.94 Å². The van der Waals surface area contributed by atoms with Crippen molar-refractivity contribution in [2.45, 2.75) is 58.9 Å². The van der Waals surface area contributed by atoms with Crippen LogP contribution in [0.3, 0.4) is 0 Å². The van der Waals surface area contributed by atoms with Crippen LogP contribution in [0.25, 0.3) is 0 Å². The first-order chi connectivity index (χ1) is 6.81. The third kappa shape index (κ3) is 4.20. The molecule has 1 nitrogen and oxygen atoms in total. The van der Waals surface area contributed by atoms with Gasteiger partial charge in [-0.3, -0.25) is 0 Å². The quantitative estimate of drug-likeness (QED) is 0.564. The summed E-state index contributed by atoms with van der Waals surface area (Å²) < 4.78 is 0. The summed E-state index contributed by atoms with van der Waals surface area (Å²) in [6.45, 7) is 21.2. The zero-order valence-corrected chi connectivity index (χ0v) is 15.5. The van der Waals surface area contributed by atoms with Gasteiger partial charge >= 0.3 is 0 Å². The summed E-state index contributed by atoms with van der Waals surface area (Å²) in [5.41, 5.74) is 0. The van der Waals surface area contributed by atoms with Gasteiger partial charge in [-0.2, -0.15) is 0 Å². The van der Waals surface area contributed by atoms with E-state index in [4.69, 9.17) is 0 Å². The summed E-state index contributed by atoms with van der Waals surface area (Å²) in [4.78, 5) is 11.4. The van der Waals surface area contributed by atoms with Crippen LogP contribution in [0.2, 0.25) is 58.9 Å². The van der Waals surface area contributed by atoms with Crippen molar-refractivity contribution < 1.29 is 4.79 Å². The monoisotopic (exact) mass is 270 g/mol. The molecule has 0 amide bonds. The molecule has 0 atom stereocenters. The topological polar surface area (TPSA) is 17.1 Å². The molecule has 0 aliphatic carbocycles. The second-order valence-electron chi connectivity index (χ2n) is 7.93. The molecule has 92 valence electrons. The Kier molecular flexibility index (Phi) is 4.85. The maximum atomic E-state index is 11.4. The van der Waals surface area contributed by atoms with Crippen LogP contribution in [0.5, 0.6) is 0 Å². The first-order valence-electron chi connectivity index (χ1n) is 6.07. The van der Waals surface area contributed by atoms with E-state index in [1.165, 1.54) is 5.10 Å². The molecule has 0 radical (unpaired) electrons. The third-order valence-corrected chi connectivity index (χ3v) is 14.8. The van der Waals surface area contributed by atoms with Gasteiger partial charge in [0.25, 0.3) is 0 Å². The van der Waals surface area contributed by atoms with Crippen molar-refractivity contribution in [1.82, 2.24) is 0 Å². The molecule has 0 aliphatic heterocycles. The van der Waals surface area contributed by atoms with Crippen molar-refractivity contribution in [3.05, 3.63) is 5.10 Å². The van der Waals surface area contributed by atoms with Crippen molar-refractivity contribution in [3.63, 3.8) is 0 Å². The van der Waals surface area contributed by atoms with E-state index in [1.54, 1.807) is 0 Å². The normalized spacial score (nSPS) is 13.3. The van der Waals surface area contributed by atoms with Crippen LogP contribution in [0, 0.1) is 0 Å². The van der Waals surface area contributed by atoms with E-state index >= 15 is 0 Å². The molecule has 0 unspecified atom stereocenters. The molecule has 0 bridgehead atoms. The number of hydrogen-bond acceptors (Lipinski definition) is 1. The molecule has 0 spiro atoms. The lowest BCUT2D eigenvalue weighted by atomic mass is 10.1. The Morgan fingerprint density at radius 3 is 1.19 bits per heavy atom. The summed E-state index contributed by atoms with van der Waals surface area (Å²) in [6.07, 6.45) is 0. The van der Waals surface area contributed by atoms with Gasteiger partial charge in [-0.25, -0.2) is 4.79 Å². The van der Waals surface area contributed by atoms with E-state index in [-0.39, 0.29) is 0 Å². The van der Waals surface area contributed by atoms with Gasteiger partial charge in [0.05, 0.1) is 8.07 Å². The molecule has 0 saturated heterocycles. The van der Waals surface area contributed by atoms with Crippen molar-refractivity contribution in [1.29, 1.82) is 0 Å². The average molecular weight is 270 g/mol. The SMILES string of the molecule is C[Si](C)(C)B(C(=C=O)[Si](C)(C)C)[Si](C)(C)C. The molecular formula is C11H27BOSi3. The minimum Gasteiger partial charge on any atom is -0.235 e. The Hall–Kier alpha value is 0.166. The fourth-order valence-electron chi connectivity index (χ4n) is 2.81. The summed E-state index contributed by atoms with van der Waals surface area (Å²) in [6, 6.07) is 0. The third-order valence-electron chi connectivity index (χ3n) is 2.94. The van der Waals surface area contributed by atoms with Crippen LogP contribution >= 0.6 is 0 Å². The summed E-state index contributed by atoms with van der Waals surface area (Å²) in [5.74, 6) is 2.94. The smallest absolute Gasteiger partial charge is 0.167 e. The number of carbonyl (C=O) groups excluding carboxylic acids is 1. The largest absolute Gasteiger partial charge is 0.235 e. The van der Waals surface area contributed by atoms with Crippen LogP contribution in [0.4, 0.5) is 0 Å². The van der Waals surface area contributed by atoms with Gasteiger partial charge in [-0.15, -0.1) is 0 Å². The predicted molar refractivity (Wildman–Crippen MR) is 85.0 cm³/mol. The molecule has 0 aliphatic rings. The van der Waals surface area contributed by atoms with Gasteiger partial charge < -0.3 is 0 Å². The van der Waals surface area contributed by atoms with Gasteiger partial charge in [-0.05, 0) is 5.10 Å². The molecule has 5 heteroatoms. The Morgan fingerprint density at radius 1 is 0.812 bits per heavy atom. The van der Waals surface area contributed by atoms with Gasteiger partial charge in [0.15, 0.2) is 5.90 Å². The molecule has 16 heavy (non-hydrogen) atoms. The fraction of sp³-hybridized carbons (Fsp3) is 0.818.